The second-order valence-corrected chi connectivity index (χ2v) is 10.5. The van der Waals surface area contributed by atoms with Gasteiger partial charge in [0.2, 0.25) is 0 Å². The van der Waals surface area contributed by atoms with Gasteiger partial charge in [-0.3, -0.25) is 0 Å². The van der Waals surface area contributed by atoms with Crippen molar-refractivity contribution in [1.82, 2.24) is 4.57 Å². The fourth-order valence-corrected chi connectivity index (χ4v) is 6.30. The summed E-state index contributed by atoms with van der Waals surface area (Å²) in [5.74, 6) is 0. The lowest BCUT2D eigenvalue weighted by atomic mass is 10.1. The van der Waals surface area contributed by atoms with Crippen LogP contribution < -0.4 is 9.80 Å². The van der Waals surface area contributed by atoms with Crippen LogP contribution in [-0.2, 0) is 0 Å². The SMILES string of the molecule is N#Cc1ccc(N2c3ccccc3N(c3ccc(C#N)cc3)c3cccc4c5ccccc5n(c34)-c3ccccc32)cc1. The first-order valence-corrected chi connectivity index (χ1v) is 14.1. The summed E-state index contributed by atoms with van der Waals surface area (Å²) in [7, 11) is 0. The molecule has 200 valence electrons. The number of para-hydroxylation sites is 6. The molecule has 8 rings (SSSR count). The largest absolute Gasteiger partial charge is 0.306 e. The summed E-state index contributed by atoms with van der Waals surface area (Å²) in [6.07, 6.45) is 0. The third-order valence-corrected chi connectivity index (χ3v) is 8.15. The van der Waals surface area contributed by atoms with E-state index in [1.54, 1.807) is 0 Å². The topological polar surface area (TPSA) is 59.0 Å². The molecule has 0 radical (unpaired) electrons. The molecular formula is C38H23N5. The quantitative estimate of drug-likeness (QED) is 0.215. The monoisotopic (exact) mass is 549 g/mol. The number of nitrogens with zero attached hydrogens (tertiary/aromatic N) is 5. The third-order valence-electron chi connectivity index (χ3n) is 8.15. The predicted molar refractivity (Wildman–Crippen MR) is 173 cm³/mol. The molecule has 0 aliphatic carbocycles. The summed E-state index contributed by atoms with van der Waals surface area (Å²) in [5, 5.41) is 21.4. The number of anilines is 6. The van der Waals surface area contributed by atoms with Crippen LogP contribution in [0.2, 0.25) is 0 Å². The predicted octanol–water partition coefficient (Wildman–Crippen LogP) is 9.78. The first-order valence-electron chi connectivity index (χ1n) is 14.1. The van der Waals surface area contributed by atoms with Crippen LogP contribution in [0, 0.1) is 22.7 Å². The fourth-order valence-electron chi connectivity index (χ4n) is 6.30. The van der Waals surface area contributed by atoms with Crippen molar-refractivity contribution in [3.05, 3.63) is 151 Å². The van der Waals surface area contributed by atoms with Crippen molar-refractivity contribution in [3.8, 4) is 17.8 Å². The summed E-state index contributed by atoms with van der Waals surface area (Å²) >= 11 is 0. The highest BCUT2D eigenvalue weighted by Crippen LogP contribution is 2.51. The van der Waals surface area contributed by atoms with Gasteiger partial charge in [-0.1, -0.05) is 54.6 Å². The van der Waals surface area contributed by atoms with Crippen LogP contribution in [-0.4, -0.2) is 4.57 Å². The zero-order valence-electron chi connectivity index (χ0n) is 23.0. The lowest BCUT2D eigenvalue weighted by Crippen LogP contribution is -2.16. The standard InChI is InChI=1S/C38H23N5/c39-24-26-16-20-28(21-17-26)41-33-11-3-4-12-34(33)42(29-22-18-27(25-40)19-23-29)37-15-7-9-31-30-8-1-2-10-32(30)43(38(31)37)36-14-6-5-13-35(36)41/h1-23H. The molecule has 0 saturated carbocycles. The number of aromatic nitrogens is 1. The van der Waals surface area contributed by atoms with Gasteiger partial charge in [-0.2, -0.15) is 10.5 Å². The van der Waals surface area contributed by atoms with Crippen LogP contribution in [0.5, 0.6) is 0 Å². The minimum absolute atomic E-state index is 0.610. The normalized spacial score (nSPS) is 12.0. The molecule has 43 heavy (non-hydrogen) atoms. The zero-order chi connectivity index (χ0) is 28.9. The number of hydrogen-bond acceptors (Lipinski definition) is 4. The summed E-state index contributed by atoms with van der Waals surface area (Å²) in [6, 6.07) is 51.9. The Hall–Kier alpha value is -6.30. The van der Waals surface area contributed by atoms with Crippen molar-refractivity contribution in [2.24, 2.45) is 0 Å². The van der Waals surface area contributed by atoms with E-state index in [9.17, 15) is 10.5 Å². The highest BCUT2D eigenvalue weighted by atomic mass is 15.2. The maximum Gasteiger partial charge on any atom is 0.0991 e. The molecule has 0 atom stereocenters. The Morgan fingerprint density at radius 3 is 1.42 bits per heavy atom. The van der Waals surface area contributed by atoms with Crippen molar-refractivity contribution >= 4 is 55.9 Å². The van der Waals surface area contributed by atoms with Gasteiger partial charge in [0, 0.05) is 22.1 Å². The van der Waals surface area contributed by atoms with Gasteiger partial charge in [-0.15, -0.1) is 0 Å². The Morgan fingerprint density at radius 1 is 0.395 bits per heavy atom. The fraction of sp³-hybridized carbons (Fsp3) is 0. The lowest BCUT2D eigenvalue weighted by Gasteiger charge is -2.32. The Morgan fingerprint density at radius 2 is 0.837 bits per heavy atom. The van der Waals surface area contributed by atoms with Gasteiger partial charge in [-0.25, -0.2) is 0 Å². The minimum Gasteiger partial charge on any atom is -0.306 e. The maximum atomic E-state index is 9.55. The first-order chi connectivity index (χ1) is 21.3. The van der Waals surface area contributed by atoms with Gasteiger partial charge in [0.1, 0.15) is 0 Å². The number of benzene rings is 6. The van der Waals surface area contributed by atoms with E-state index in [2.05, 4.69) is 118 Å². The van der Waals surface area contributed by atoms with E-state index in [4.69, 9.17) is 0 Å². The summed E-state index contributed by atoms with van der Waals surface area (Å²) < 4.78 is 2.37. The van der Waals surface area contributed by atoms with Gasteiger partial charge in [-0.05, 0) is 84.9 Å². The van der Waals surface area contributed by atoms with Crippen LogP contribution in [0.4, 0.5) is 34.1 Å². The molecular weight excluding hydrogens is 526 g/mol. The smallest absolute Gasteiger partial charge is 0.0991 e. The van der Waals surface area contributed by atoms with E-state index in [1.807, 2.05) is 48.5 Å². The summed E-state index contributed by atoms with van der Waals surface area (Å²) in [4.78, 5) is 4.56. The van der Waals surface area contributed by atoms with Crippen molar-refractivity contribution in [3.63, 3.8) is 0 Å². The molecule has 1 aliphatic heterocycles. The highest BCUT2D eigenvalue weighted by Gasteiger charge is 2.29. The summed E-state index contributed by atoms with van der Waals surface area (Å²) in [5.41, 5.74) is 10.4. The van der Waals surface area contributed by atoms with Crippen LogP contribution in [0.25, 0.3) is 27.5 Å². The second-order valence-electron chi connectivity index (χ2n) is 10.5. The number of hydrogen-bond donors (Lipinski definition) is 0. The molecule has 2 heterocycles. The first kappa shape index (κ1) is 24.5. The molecule has 0 unspecified atom stereocenters. The van der Waals surface area contributed by atoms with Gasteiger partial charge in [0.25, 0.3) is 0 Å². The van der Waals surface area contributed by atoms with Crippen molar-refractivity contribution in [1.29, 1.82) is 10.5 Å². The molecule has 0 bridgehead atoms. The van der Waals surface area contributed by atoms with Gasteiger partial charge >= 0.3 is 0 Å². The Kier molecular flexibility index (Phi) is 5.50. The van der Waals surface area contributed by atoms with Crippen LogP contribution in [0.1, 0.15) is 11.1 Å². The highest BCUT2D eigenvalue weighted by molar-refractivity contribution is 6.15. The van der Waals surface area contributed by atoms with E-state index in [0.717, 1.165) is 56.2 Å². The maximum absolute atomic E-state index is 9.55. The molecule has 5 nitrogen and oxygen atoms in total. The molecule has 0 fully saturated rings. The molecule has 0 N–H and O–H groups in total. The van der Waals surface area contributed by atoms with E-state index < -0.39 is 0 Å². The average Bonchev–Trinajstić information content (AvgIpc) is 3.43. The second kappa shape index (κ2) is 9.66. The van der Waals surface area contributed by atoms with E-state index in [0.29, 0.717) is 11.1 Å². The Bertz CT molecular complexity index is 2260. The molecule has 1 aliphatic rings. The van der Waals surface area contributed by atoms with Gasteiger partial charge in [0.05, 0.1) is 62.7 Å². The number of rotatable bonds is 2. The molecule has 7 aromatic rings. The lowest BCUT2D eigenvalue weighted by molar-refractivity contribution is 1.15. The van der Waals surface area contributed by atoms with Crippen LogP contribution in [0.3, 0.4) is 0 Å². The van der Waals surface area contributed by atoms with Crippen molar-refractivity contribution < 1.29 is 0 Å². The van der Waals surface area contributed by atoms with E-state index in [1.165, 1.54) is 5.39 Å². The van der Waals surface area contributed by atoms with Crippen molar-refractivity contribution in [2.45, 2.75) is 0 Å². The Balaban J connectivity index is 1.57. The molecule has 6 aromatic carbocycles. The number of fused-ring (bicyclic) bond motifs is 6. The molecule has 0 spiro atoms. The average molecular weight is 550 g/mol. The van der Waals surface area contributed by atoms with E-state index in [-0.39, 0.29) is 0 Å². The molecule has 0 saturated heterocycles. The van der Waals surface area contributed by atoms with Crippen LogP contribution >= 0.6 is 0 Å². The van der Waals surface area contributed by atoms with Gasteiger partial charge in [0.15, 0.2) is 0 Å². The van der Waals surface area contributed by atoms with Crippen LogP contribution in [0.15, 0.2) is 140 Å². The van der Waals surface area contributed by atoms with E-state index >= 15 is 0 Å². The number of nitriles is 2. The van der Waals surface area contributed by atoms with Gasteiger partial charge < -0.3 is 14.4 Å². The molecule has 1 aromatic heterocycles. The third kappa shape index (κ3) is 3.70. The molecule has 5 heteroatoms. The Labute approximate surface area is 248 Å². The summed E-state index contributed by atoms with van der Waals surface area (Å²) in [6.45, 7) is 0. The molecule has 0 amide bonds. The zero-order valence-corrected chi connectivity index (χ0v) is 23.0. The van der Waals surface area contributed by atoms with Crippen molar-refractivity contribution in [2.75, 3.05) is 9.80 Å². The minimum atomic E-state index is 0.610.